The summed E-state index contributed by atoms with van der Waals surface area (Å²) in [6, 6.07) is 8.22. The van der Waals surface area contributed by atoms with Gasteiger partial charge in [-0.3, -0.25) is 9.59 Å². The van der Waals surface area contributed by atoms with E-state index in [2.05, 4.69) is 10.6 Å². The maximum Gasteiger partial charge on any atom is 0.416 e. The molecule has 2 amide bonds. The number of carbonyl (C=O) groups excluding carboxylic acids is 2. The van der Waals surface area contributed by atoms with E-state index in [9.17, 15) is 35.9 Å². The lowest BCUT2D eigenvalue weighted by molar-refractivity contribution is -0.138. The molecule has 2 rings (SSSR count). The molecule has 0 aliphatic heterocycles. The van der Waals surface area contributed by atoms with Gasteiger partial charge in [-0.2, -0.15) is 26.3 Å². The maximum atomic E-state index is 12.6. The number of nitrogens with one attached hydrogen (secondary N) is 2. The Bertz CT molecular complexity index is 806. The van der Waals surface area contributed by atoms with Crippen LogP contribution >= 0.6 is 0 Å². The second-order valence-corrected chi connectivity index (χ2v) is 6.11. The fraction of sp³-hybridized carbons (Fsp3) is 0.263. The Kier molecular flexibility index (Phi) is 6.89. The van der Waals surface area contributed by atoms with Gasteiger partial charge in [-0.25, -0.2) is 0 Å². The first kappa shape index (κ1) is 22.3. The van der Waals surface area contributed by atoms with Crippen molar-refractivity contribution in [2.24, 2.45) is 0 Å². The third kappa shape index (κ3) is 7.13. The topological polar surface area (TPSA) is 58.2 Å². The van der Waals surface area contributed by atoms with Gasteiger partial charge in [0.2, 0.25) is 11.8 Å². The molecule has 0 aliphatic carbocycles. The fourth-order valence-electron chi connectivity index (χ4n) is 2.40. The summed E-state index contributed by atoms with van der Waals surface area (Å²) in [7, 11) is 0. The van der Waals surface area contributed by atoms with Crippen molar-refractivity contribution in [2.45, 2.75) is 31.6 Å². The normalized spacial score (nSPS) is 11.8. The molecule has 29 heavy (non-hydrogen) atoms. The SMILES string of the molecule is O=C(CCCC(=O)Nc1cccc(C(F)(F)F)c1)Nc1cccc(C(F)(F)F)c1. The number of hydrogen-bond donors (Lipinski definition) is 2. The zero-order valence-electron chi connectivity index (χ0n) is 14.8. The van der Waals surface area contributed by atoms with Crippen LogP contribution in [0, 0.1) is 0 Å². The third-order valence-corrected chi connectivity index (χ3v) is 3.75. The highest BCUT2D eigenvalue weighted by Crippen LogP contribution is 2.31. The summed E-state index contributed by atoms with van der Waals surface area (Å²) in [6.07, 6.45) is -9.31. The minimum absolute atomic E-state index is 0.0294. The van der Waals surface area contributed by atoms with Crippen molar-refractivity contribution < 1.29 is 35.9 Å². The summed E-state index contributed by atoms with van der Waals surface area (Å²) in [6.45, 7) is 0. The highest BCUT2D eigenvalue weighted by atomic mass is 19.4. The van der Waals surface area contributed by atoms with Gasteiger partial charge in [0.05, 0.1) is 11.1 Å². The molecule has 2 aromatic rings. The Morgan fingerprint density at radius 1 is 0.690 bits per heavy atom. The van der Waals surface area contributed by atoms with E-state index in [-0.39, 0.29) is 30.6 Å². The average molecular weight is 418 g/mol. The van der Waals surface area contributed by atoms with Crippen molar-refractivity contribution in [3.05, 3.63) is 59.7 Å². The molecule has 0 unspecified atom stereocenters. The first-order valence-electron chi connectivity index (χ1n) is 8.39. The standard InChI is InChI=1S/C19H16F6N2O2/c20-18(21,22)12-4-1-6-14(10-12)26-16(28)8-3-9-17(29)27-15-7-2-5-13(11-15)19(23,24)25/h1-2,4-7,10-11H,3,8-9H2,(H,26,28)(H,27,29). The molecule has 0 radical (unpaired) electrons. The molecular weight excluding hydrogens is 402 g/mol. The van der Waals surface area contributed by atoms with E-state index in [1.807, 2.05) is 0 Å². The average Bonchev–Trinajstić information content (AvgIpc) is 2.60. The van der Waals surface area contributed by atoms with Gasteiger partial charge >= 0.3 is 12.4 Å². The smallest absolute Gasteiger partial charge is 0.326 e. The van der Waals surface area contributed by atoms with E-state index in [0.29, 0.717) is 0 Å². The third-order valence-electron chi connectivity index (χ3n) is 3.75. The number of carbonyl (C=O) groups is 2. The van der Waals surface area contributed by atoms with Gasteiger partial charge in [0.1, 0.15) is 0 Å². The van der Waals surface area contributed by atoms with Crippen molar-refractivity contribution >= 4 is 23.2 Å². The predicted octanol–water partition coefficient (Wildman–Crippen LogP) is 5.47. The lowest BCUT2D eigenvalue weighted by Gasteiger charge is -2.10. The Morgan fingerprint density at radius 2 is 1.07 bits per heavy atom. The Labute approximate surface area is 161 Å². The van der Waals surface area contributed by atoms with Crippen molar-refractivity contribution in [3.8, 4) is 0 Å². The van der Waals surface area contributed by atoms with Gasteiger partial charge in [0.15, 0.2) is 0 Å². The Hall–Kier alpha value is -3.04. The van der Waals surface area contributed by atoms with Crippen molar-refractivity contribution in [1.29, 1.82) is 0 Å². The van der Waals surface area contributed by atoms with E-state index in [1.165, 1.54) is 12.1 Å². The molecular formula is C19H16F6N2O2. The number of anilines is 2. The van der Waals surface area contributed by atoms with Gasteiger partial charge in [-0.15, -0.1) is 0 Å². The fourth-order valence-corrected chi connectivity index (χ4v) is 2.40. The number of halogens is 6. The van der Waals surface area contributed by atoms with Crippen LogP contribution < -0.4 is 10.6 Å². The molecule has 0 atom stereocenters. The van der Waals surface area contributed by atoms with Crippen LogP contribution in [-0.2, 0) is 21.9 Å². The molecule has 0 saturated carbocycles. The molecule has 4 nitrogen and oxygen atoms in total. The Morgan fingerprint density at radius 3 is 1.41 bits per heavy atom. The first-order valence-corrected chi connectivity index (χ1v) is 8.39. The summed E-state index contributed by atoms with van der Waals surface area (Å²) < 4.78 is 75.9. The minimum Gasteiger partial charge on any atom is -0.326 e. The summed E-state index contributed by atoms with van der Waals surface area (Å²) in [4.78, 5) is 23.6. The lowest BCUT2D eigenvalue weighted by Crippen LogP contribution is -2.15. The molecule has 0 aromatic heterocycles. The van der Waals surface area contributed by atoms with E-state index in [0.717, 1.165) is 36.4 Å². The van der Waals surface area contributed by atoms with E-state index in [4.69, 9.17) is 0 Å². The van der Waals surface area contributed by atoms with Crippen LogP contribution in [0.15, 0.2) is 48.5 Å². The van der Waals surface area contributed by atoms with E-state index >= 15 is 0 Å². The van der Waals surface area contributed by atoms with Crippen molar-refractivity contribution in [2.75, 3.05) is 10.6 Å². The molecule has 0 aliphatic rings. The van der Waals surface area contributed by atoms with Crippen LogP contribution in [0.3, 0.4) is 0 Å². The van der Waals surface area contributed by atoms with Crippen LogP contribution in [0.25, 0.3) is 0 Å². The summed E-state index contributed by atoms with van der Waals surface area (Å²) in [5.74, 6) is -1.17. The van der Waals surface area contributed by atoms with Gasteiger partial charge in [-0.1, -0.05) is 12.1 Å². The lowest BCUT2D eigenvalue weighted by atomic mass is 10.1. The minimum atomic E-state index is -4.54. The van der Waals surface area contributed by atoms with Gasteiger partial charge < -0.3 is 10.6 Å². The number of benzene rings is 2. The molecule has 0 bridgehead atoms. The molecule has 10 heteroatoms. The van der Waals surface area contributed by atoms with Gasteiger partial charge in [0.25, 0.3) is 0 Å². The zero-order valence-corrected chi connectivity index (χ0v) is 14.8. The van der Waals surface area contributed by atoms with Crippen LogP contribution in [0.2, 0.25) is 0 Å². The summed E-state index contributed by atoms with van der Waals surface area (Å²) in [5.41, 5.74) is -1.87. The van der Waals surface area contributed by atoms with Gasteiger partial charge in [0, 0.05) is 24.2 Å². The molecule has 0 fully saturated rings. The molecule has 0 heterocycles. The predicted molar refractivity (Wildman–Crippen MR) is 94.0 cm³/mol. The molecule has 2 aromatic carbocycles. The summed E-state index contributed by atoms with van der Waals surface area (Å²) >= 11 is 0. The summed E-state index contributed by atoms with van der Waals surface area (Å²) in [5, 5.41) is 4.61. The van der Waals surface area contributed by atoms with Crippen LogP contribution in [-0.4, -0.2) is 11.8 Å². The van der Waals surface area contributed by atoms with E-state index in [1.54, 1.807) is 0 Å². The Balaban J connectivity index is 1.81. The van der Waals surface area contributed by atoms with Crippen molar-refractivity contribution in [3.63, 3.8) is 0 Å². The number of hydrogen-bond acceptors (Lipinski definition) is 2. The first-order chi connectivity index (χ1) is 13.4. The second kappa shape index (κ2) is 8.97. The quantitative estimate of drug-likeness (QED) is 0.611. The number of alkyl halides is 6. The zero-order chi connectivity index (χ0) is 21.7. The highest BCUT2D eigenvalue weighted by Gasteiger charge is 2.31. The van der Waals surface area contributed by atoms with Crippen LogP contribution in [0.4, 0.5) is 37.7 Å². The highest BCUT2D eigenvalue weighted by molar-refractivity contribution is 5.93. The molecule has 2 N–H and O–H groups in total. The van der Waals surface area contributed by atoms with Crippen molar-refractivity contribution in [1.82, 2.24) is 0 Å². The largest absolute Gasteiger partial charge is 0.416 e. The number of amides is 2. The van der Waals surface area contributed by atoms with E-state index < -0.39 is 35.3 Å². The maximum absolute atomic E-state index is 12.6. The van der Waals surface area contributed by atoms with Crippen LogP contribution in [0.1, 0.15) is 30.4 Å². The second-order valence-electron chi connectivity index (χ2n) is 6.11. The van der Waals surface area contributed by atoms with Crippen LogP contribution in [0.5, 0.6) is 0 Å². The number of rotatable bonds is 6. The molecule has 0 spiro atoms. The molecule has 156 valence electrons. The van der Waals surface area contributed by atoms with Gasteiger partial charge in [-0.05, 0) is 42.8 Å². The molecule has 0 saturated heterocycles. The monoisotopic (exact) mass is 418 g/mol.